The molecule has 17 heteroatoms. The number of halogens is 3. The van der Waals surface area contributed by atoms with Crippen LogP contribution in [0.1, 0.15) is 24.3 Å². The number of aromatic hydroxyl groups is 1. The van der Waals surface area contributed by atoms with E-state index in [0.717, 1.165) is 29.2 Å². The van der Waals surface area contributed by atoms with Crippen molar-refractivity contribution >= 4 is 86.0 Å². The fourth-order valence-electron chi connectivity index (χ4n) is 8.96. The number of alkyl halides is 2. The molecule has 8 rings (SSSR count). The van der Waals surface area contributed by atoms with E-state index in [1.165, 1.54) is 31.1 Å². The summed E-state index contributed by atoms with van der Waals surface area (Å²) < 4.78 is 14.0. The number of hydrogen-bond acceptors (Lipinski definition) is 10. The van der Waals surface area contributed by atoms with Crippen LogP contribution in [0.2, 0.25) is 0 Å². The molecule has 3 fully saturated rings. The zero-order valence-corrected chi connectivity index (χ0v) is 30.3. The zero-order valence-electron chi connectivity index (χ0n) is 28.8. The summed E-state index contributed by atoms with van der Waals surface area (Å²) in [6, 6.07) is 16.5. The lowest BCUT2D eigenvalue weighted by molar-refractivity contribution is -0.392. The van der Waals surface area contributed by atoms with E-state index in [4.69, 9.17) is 23.2 Å². The van der Waals surface area contributed by atoms with Gasteiger partial charge < -0.3 is 10.0 Å². The number of imide groups is 2. The lowest BCUT2D eigenvalue weighted by atomic mass is 9.56. The van der Waals surface area contributed by atoms with Crippen LogP contribution in [0.25, 0.3) is 10.8 Å². The van der Waals surface area contributed by atoms with Crippen molar-refractivity contribution in [1.82, 2.24) is 0 Å². The second-order valence-corrected chi connectivity index (χ2v) is 15.5. The number of fused-ring (bicyclic) bond motifs is 5. The van der Waals surface area contributed by atoms with Crippen molar-refractivity contribution in [1.29, 1.82) is 0 Å². The highest BCUT2D eigenvalue weighted by Crippen LogP contribution is 2.67. The topological polar surface area (TPSA) is 185 Å². The van der Waals surface area contributed by atoms with Crippen LogP contribution in [0.4, 0.5) is 32.8 Å². The zero-order chi connectivity index (χ0) is 39.5. The molecule has 4 aliphatic rings. The Labute approximate surface area is 320 Å². The van der Waals surface area contributed by atoms with E-state index in [2.05, 4.69) is 0 Å². The van der Waals surface area contributed by atoms with Crippen LogP contribution in [0.5, 0.6) is 5.75 Å². The molecule has 0 bridgehead atoms. The molecule has 2 saturated heterocycles. The van der Waals surface area contributed by atoms with Gasteiger partial charge in [0.25, 0.3) is 11.8 Å². The minimum atomic E-state index is -2.32. The third-order valence-corrected chi connectivity index (χ3v) is 12.7. The predicted octanol–water partition coefficient (Wildman–Crippen LogP) is 6.33. The first-order valence-electron chi connectivity index (χ1n) is 17.0. The molecule has 0 radical (unpaired) electrons. The Kier molecular flexibility index (Phi) is 8.06. The second-order valence-electron chi connectivity index (χ2n) is 14.2. The molecule has 4 aromatic rings. The molecule has 4 aromatic carbocycles. The van der Waals surface area contributed by atoms with Gasteiger partial charge in [0.05, 0.1) is 33.1 Å². The van der Waals surface area contributed by atoms with Gasteiger partial charge >= 0.3 is 11.4 Å². The predicted molar refractivity (Wildman–Crippen MR) is 199 cm³/mol. The molecule has 4 amide bonds. The van der Waals surface area contributed by atoms with Gasteiger partial charge in [0.2, 0.25) is 11.8 Å². The number of phenols is 1. The van der Waals surface area contributed by atoms with E-state index in [1.807, 2.05) is 0 Å². The van der Waals surface area contributed by atoms with Crippen LogP contribution in [0, 0.1) is 43.8 Å². The molecule has 2 aliphatic carbocycles. The van der Waals surface area contributed by atoms with Gasteiger partial charge in [0.15, 0.2) is 15.4 Å². The van der Waals surface area contributed by atoms with Crippen molar-refractivity contribution in [3.63, 3.8) is 0 Å². The Hall–Kier alpha value is -5.93. The molecule has 0 spiro atoms. The van der Waals surface area contributed by atoms with E-state index >= 15 is 0 Å². The van der Waals surface area contributed by atoms with Crippen molar-refractivity contribution in [3.05, 3.63) is 116 Å². The van der Waals surface area contributed by atoms with Gasteiger partial charge in [-0.05, 0) is 48.4 Å². The number of benzene rings is 4. The lowest BCUT2D eigenvalue weighted by Crippen LogP contribution is -2.60. The smallest absolute Gasteiger partial charge is 0.301 e. The number of nitrogens with zero attached hydrogens (tertiary/aromatic N) is 5. The van der Waals surface area contributed by atoms with Crippen molar-refractivity contribution < 1.29 is 38.5 Å². The Morgan fingerprint density at radius 1 is 0.836 bits per heavy atom. The van der Waals surface area contributed by atoms with Crippen molar-refractivity contribution in [2.45, 2.75) is 28.5 Å². The number of carbonyl (C=O) groups excluding carboxylic acids is 4. The first-order valence-corrected chi connectivity index (χ1v) is 17.7. The molecule has 1 saturated carbocycles. The quantitative estimate of drug-likeness (QED) is 0.0761. The summed E-state index contributed by atoms with van der Waals surface area (Å²) in [7, 11) is 2.75. The summed E-state index contributed by atoms with van der Waals surface area (Å²) in [4.78, 5) is 78.6. The van der Waals surface area contributed by atoms with Crippen LogP contribution >= 0.6 is 23.2 Å². The van der Waals surface area contributed by atoms with Gasteiger partial charge in [-0.3, -0.25) is 39.4 Å². The molecule has 2 aliphatic heterocycles. The fraction of sp³-hybridized carbons (Fsp3) is 0.263. The number of carbonyl (C=O) groups is 4. The average Bonchev–Trinajstić information content (AvgIpc) is 3.49. The largest absolute Gasteiger partial charge is 0.507 e. The minimum Gasteiger partial charge on any atom is -0.507 e. The Morgan fingerprint density at radius 3 is 2.09 bits per heavy atom. The van der Waals surface area contributed by atoms with Crippen LogP contribution in [-0.4, -0.2) is 62.4 Å². The molecule has 6 atom stereocenters. The van der Waals surface area contributed by atoms with Gasteiger partial charge in [0, 0.05) is 43.1 Å². The highest BCUT2D eigenvalue weighted by atomic mass is 35.5. The van der Waals surface area contributed by atoms with E-state index in [1.54, 1.807) is 42.5 Å². The molecular weight excluding hydrogens is 760 g/mol. The van der Waals surface area contributed by atoms with Crippen LogP contribution in [0.15, 0.2) is 84.4 Å². The number of phenolic OH excluding ortho intramolecular Hbond substituents is 1. The summed E-state index contributed by atoms with van der Waals surface area (Å²) in [5.41, 5.74) is -1.72. The lowest BCUT2D eigenvalue weighted by Gasteiger charge is -2.50. The van der Waals surface area contributed by atoms with E-state index in [-0.39, 0.29) is 29.1 Å². The van der Waals surface area contributed by atoms with Gasteiger partial charge in [-0.15, -0.1) is 23.2 Å². The van der Waals surface area contributed by atoms with Crippen LogP contribution in [0.3, 0.4) is 0 Å². The fourth-order valence-corrected chi connectivity index (χ4v) is 9.89. The highest BCUT2D eigenvalue weighted by Gasteiger charge is 2.77. The maximum atomic E-state index is 14.7. The number of rotatable bonds is 6. The van der Waals surface area contributed by atoms with Gasteiger partial charge in [-0.25, -0.2) is 14.2 Å². The number of amides is 4. The monoisotopic (exact) mass is 787 g/mol. The second kappa shape index (κ2) is 12.3. The molecule has 1 N–H and O–H groups in total. The Balaban J connectivity index is 1.31. The molecule has 280 valence electrons. The number of anilines is 3. The summed E-state index contributed by atoms with van der Waals surface area (Å²) in [5.74, 6) is -9.22. The third-order valence-electron chi connectivity index (χ3n) is 11.3. The van der Waals surface area contributed by atoms with Crippen LogP contribution < -0.4 is 14.7 Å². The molecule has 0 aromatic heterocycles. The molecule has 2 heterocycles. The standard InChI is InChI=1S/C38H28Cl2FN5O9/c1-42(2)31-27(45(52)53)15-21(16-28(31)46(54)55)43-33(48)24-14-13-23-26(29(24)34(43)49)17-37(39)35(50)44(20-10-8-19(41)9-11-20)36(51)38(37,40)30(23)25-12-7-18-5-3-4-6-22(18)32(25)47/h3-13,15-16,24,26,29-30,47H,14,17H2,1-2H3. The van der Waals surface area contributed by atoms with Crippen molar-refractivity contribution in [2.24, 2.45) is 17.8 Å². The maximum Gasteiger partial charge on any atom is 0.301 e. The van der Waals surface area contributed by atoms with E-state index in [0.29, 0.717) is 21.2 Å². The summed E-state index contributed by atoms with van der Waals surface area (Å²) in [6.07, 6.45) is 1.11. The molecule has 55 heavy (non-hydrogen) atoms. The normalized spacial score (nSPS) is 27.2. The molecule has 14 nitrogen and oxygen atoms in total. The summed E-state index contributed by atoms with van der Waals surface area (Å²) in [5, 5.41) is 37.2. The molecule has 6 unspecified atom stereocenters. The van der Waals surface area contributed by atoms with Gasteiger partial charge in [-0.2, -0.15) is 0 Å². The Morgan fingerprint density at radius 2 is 1.47 bits per heavy atom. The Bertz CT molecular complexity index is 2440. The third kappa shape index (κ3) is 4.85. The average molecular weight is 789 g/mol. The summed E-state index contributed by atoms with van der Waals surface area (Å²) >= 11 is 14.8. The number of allylic oxidation sites excluding steroid dienone is 2. The minimum absolute atomic E-state index is 0.0233. The van der Waals surface area contributed by atoms with Crippen molar-refractivity contribution in [3.8, 4) is 5.75 Å². The van der Waals surface area contributed by atoms with E-state index < -0.39 is 96.2 Å². The van der Waals surface area contributed by atoms with Crippen LogP contribution in [-0.2, 0) is 19.2 Å². The van der Waals surface area contributed by atoms with E-state index in [9.17, 15) is 48.9 Å². The van der Waals surface area contributed by atoms with Crippen molar-refractivity contribution in [2.75, 3.05) is 28.8 Å². The SMILES string of the molecule is CN(C)c1c([N+](=O)[O-])cc(N2C(=O)C3CC=C4C(CC5(Cl)C(=O)N(c6ccc(F)cc6)C(=O)C5(Cl)C4c4ccc5ccccc5c4O)C3C2=O)cc1[N+](=O)[O-]. The number of hydrogen-bond donors (Lipinski definition) is 1. The number of nitro benzene ring substituents is 2. The summed E-state index contributed by atoms with van der Waals surface area (Å²) in [6.45, 7) is 0. The first kappa shape index (κ1) is 36.1. The van der Waals surface area contributed by atoms with Gasteiger partial charge in [0.1, 0.15) is 11.6 Å². The number of nitro groups is 2. The van der Waals surface area contributed by atoms with Gasteiger partial charge in [-0.1, -0.05) is 48.0 Å². The highest BCUT2D eigenvalue weighted by molar-refractivity contribution is 6.58. The first-order chi connectivity index (χ1) is 26.0. The molecular formula is C38H28Cl2FN5O9. The maximum absolute atomic E-state index is 14.7.